The van der Waals surface area contributed by atoms with Crippen LogP contribution in [0.15, 0.2) is 23.2 Å². The molecule has 1 aliphatic heterocycles. The first-order chi connectivity index (χ1) is 6.70. The van der Waals surface area contributed by atoms with E-state index in [9.17, 15) is 4.79 Å². The minimum absolute atomic E-state index is 0.164. The lowest BCUT2D eigenvalue weighted by Gasteiger charge is -2.13. The van der Waals surface area contributed by atoms with Gasteiger partial charge in [0.1, 0.15) is 5.75 Å². The van der Waals surface area contributed by atoms with Crippen molar-refractivity contribution in [1.29, 1.82) is 0 Å². The molecule has 0 saturated carbocycles. The Bertz CT molecular complexity index is 421. The van der Waals surface area contributed by atoms with Crippen LogP contribution in [0.5, 0.6) is 5.75 Å². The molecule has 1 aromatic carbocycles. The van der Waals surface area contributed by atoms with Crippen molar-refractivity contribution in [3.05, 3.63) is 29.3 Å². The van der Waals surface area contributed by atoms with Gasteiger partial charge in [-0.3, -0.25) is 4.79 Å². The van der Waals surface area contributed by atoms with Crippen molar-refractivity contribution in [2.45, 2.75) is 13.3 Å². The zero-order valence-corrected chi connectivity index (χ0v) is 8.20. The fourth-order valence-electron chi connectivity index (χ4n) is 1.58. The number of fused-ring (bicyclic) bond motifs is 1. The van der Waals surface area contributed by atoms with Gasteiger partial charge in [0.05, 0.1) is 7.11 Å². The van der Waals surface area contributed by atoms with Crippen molar-refractivity contribution < 1.29 is 9.53 Å². The Morgan fingerprint density at radius 2 is 2.21 bits per heavy atom. The number of hydrogen-bond acceptors (Lipinski definition) is 2. The summed E-state index contributed by atoms with van der Waals surface area (Å²) < 4.78 is 5.05. The zero-order chi connectivity index (χ0) is 10.1. The second-order valence-corrected chi connectivity index (χ2v) is 3.35. The van der Waals surface area contributed by atoms with Crippen molar-refractivity contribution in [1.82, 2.24) is 0 Å². The topological polar surface area (TPSA) is 38.7 Å². The van der Waals surface area contributed by atoms with Crippen LogP contribution >= 0.6 is 0 Å². The third-order valence-electron chi connectivity index (χ3n) is 2.29. The molecule has 72 valence electrons. The Balaban J connectivity index is 2.50. The molecule has 0 unspecified atom stereocenters. The molecule has 0 spiro atoms. The molecule has 2 rings (SSSR count). The third kappa shape index (κ3) is 1.41. The van der Waals surface area contributed by atoms with Gasteiger partial charge in [-0.15, -0.1) is 0 Å². The molecule has 0 N–H and O–H groups in total. The summed E-state index contributed by atoms with van der Waals surface area (Å²) in [5, 5.41) is 0. The van der Waals surface area contributed by atoms with E-state index in [0.29, 0.717) is 11.3 Å². The van der Waals surface area contributed by atoms with E-state index in [-0.39, 0.29) is 5.91 Å². The summed E-state index contributed by atoms with van der Waals surface area (Å²) in [6, 6.07) is 5.53. The normalized spacial score (nSPS) is 14.7. The quantitative estimate of drug-likeness (QED) is 0.676. The summed E-state index contributed by atoms with van der Waals surface area (Å²) in [5.41, 5.74) is 2.56. The van der Waals surface area contributed by atoms with Gasteiger partial charge in [-0.1, -0.05) is 6.07 Å². The van der Waals surface area contributed by atoms with Crippen LogP contribution < -0.4 is 4.74 Å². The lowest BCUT2D eigenvalue weighted by molar-refractivity contribution is 0.0999. The molecule has 14 heavy (non-hydrogen) atoms. The molecule has 1 aliphatic rings. The van der Waals surface area contributed by atoms with Crippen LogP contribution in [0.3, 0.4) is 0 Å². The number of methoxy groups -OCH3 is 1. The monoisotopic (exact) mass is 189 g/mol. The molecule has 0 bridgehead atoms. The van der Waals surface area contributed by atoms with Crippen LogP contribution in [0.4, 0.5) is 0 Å². The molecular weight excluding hydrogens is 178 g/mol. The van der Waals surface area contributed by atoms with E-state index in [1.807, 2.05) is 19.1 Å². The fraction of sp³-hybridized carbons (Fsp3) is 0.273. The molecule has 0 fully saturated rings. The SMILES string of the molecule is COc1ccc2c(c1)C(=O)N=C(C)C2. The van der Waals surface area contributed by atoms with Gasteiger partial charge in [0.15, 0.2) is 0 Å². The second kappa shape index (κ2) is 3.25. The summed E-state index contributed by atoms with van der Waals surface area (Å²) in [6.07, 6.45) is 0.755. The van der Waals surface area contributed by atoms with E-state index < -0.39 is 0 Å². The molecule has 1 heterocycles. The van der Waals surface area contributed by atoms with Gasteiger partial charge in [-0.2, -0.15) is 0 Å². The number of carbonyl (C=O) groups is 1. The first-order valence-electron chi connectivity index (χ1n) is 4.46. The molecule has 0 aromatic heterocycles. The Labute approximate surface area is 82.4 Å². The van der Waals surface area contributed by atoms with E-state index in [2.05, 4.69) is 4.99 Å². The lowest BCUT2D eigenvalue weighted by Crippen LogP contribution is -2.13. The molecule has 1 amide bonds. The van der Waals surface area contributed by atoms with Gasteiger partial charge in [0.25, 0.3) is 5.91 Å². The second-order valence-electron chi connectivity index (χ2n) is 3.35. The molecule has 3 heteroatoms. The summed E-state index contributed by atoms with van der Waals surface area (Å²) in [6.45, 7) is 1.87. The highest BCUT2D eigenvalue weighted by molar-refractivity contribution is 6.08. The lowest BCUT2D eigenvalue weighted by atomic mass is 9.99. The largest absolute Gasteiger partial charge is 0.497 e. The highest BCUT2D eigenvalue weighted by Gasteiger charge is 2.17. The Morgan fingerprint density at radius 3 is 2.93 bits per heavy atom. The maximum absolute atomic E-state index is 11.5. The number of hydrogen-bond donors (Lipinski definition) is 0. The van der Waals surface area contributed by atoms with Crippen LogP contribution in [-0.2, 0) is 6.42 Å². The Kier molecular flexibility index (Phi) is 2.08. The van der Waals surface area contributed by atoms with Gasteiger partial charge in [-0.25, -0.2) is 4.99 Å². The number of rotatable bonds is 1. The predicted molar refractivity (Wildman–Crippen MR) is 54.1 cm³/mol. The molecule has 0 atom stereocenters. The number of amides is 1. The van der Waals surface area contributed by atoms with E-state index in [1.165, 1.54) is 0 Å². The fourth-order valence-corrected chi connectivity index (χ4v) is 1.58. The van der Waals surface area contributed by atoms with E-state index in [1.54, 1.807) is 13.2 Å². The summed E-state index contributed by atoms with van der Waals surface area (Å²) in [5.74, 6) is 0.537. The maximum atomic E-state index is 11.5. The average Bonchev–Trinajstić information content (AvgIpc) is 2.17. The van der Waals surface area contributed by atoms with E-state index >= 15 is 0 Å². The smallest absolute Gasteiger partial charge is 0.277 e. The first kappa shape index (κ1) is 8.94. The highest BCUT2D eigenvalue weighted by Crippen LogP contribution is 2.22. The number of ether oxygens (including phenoxy) is 1. The average molecular weight is 189 g/mol. The van der Waals surface area contributed by atoms with Gasteiger partial charge in [0.2, 0.25) is 0 Å². The van der Waals surface area contributed by atoms with Crippen molar-refractivity contribution in [3.8, 4) is 5.75 Å². The maximum Gasteiger partial charge on any atom is 0.277 e. The van der Waals surface area contributed by atoms with Crippen molar-refractivity contribution in [2.24, 2.45) is 4.99 Å². The summed E-state index contributed by atoms with van der Waals surface area (Å²) in [7, 11) is 1.59. The van der Waals surface area contributed by atoms with Crippen LogP contribution in [0.2, 0.25) is 0 Å². The summed E-state index contributed by atoms with van der Waals surface area (Å²) in [4.78, 5) is 15.4. The standard InChI is InChI=1S/C11H11NO2/c1-7-5-8-3-4-9(14-2)6-10(8)11(13)12-7/h3-4,6H,5H2,1-2H3. The predicted octanol–water partition coefficient (Wildman–Crippen LogP) is 1.85. The van der Waals surface area contributed by atoms with Crippen LogP contribution in [0, 0.1) is 0 Å². The number of benzene rings is 1. The molecule has 0 saturated heterocycles. The van der Waals surface area contributed by atoms with Gasteiger partial charge >= 0.3 is 0 Å². The van der Waals surface area contributed by atoms with Gasteiger partial charge in [0, 0.05) is 17.7 Å². The molecule has 0 radical (unpaired) electrons. The van der Waals surface area contributed by atoms with E-state index in [4.69, 9.17) is 4.74 Å². The summed E-state index contributed by atoms with van der Waals surface area (Å²) >= 11 is 0. The minimum Gasteiger partial charge on any atom is -0.497 e. The zero-order valence-electron chi connectivity index (χ0n) is 8.20. The molecule has 1 aromatic rings. The third-order valence-corrected chi connectivity index (χ3v) is 2.29. The van der Waals surface area contributed by atoms with Gasteiger partial charge in [-0.05, 0) is 24.6 Å². The van der Waals surface area contributed by atoms with Crippen LogP contribution in [-0.4, -0.2) is 18.7 Å². The Hall–Kier alpha value is -1.64. The number of carbonyl (C=O) groups excluding carboxylic acids is 1. The van der Waals surface area contributed by atoms with Crippen molar-refractivity contribution in [3.63, 3.8) is 0 Å². The Morgan fingerprint density at radius 1 is 1.43 bits per heavy atom. The molecule has 3 nitrogen and oxygen atoms in total. The van der Waals surface area contributed by atoms with E-state index in [0.717, 1.165) is 17.7 Å². The molecular formula is C11H11NO2. The highest BCUT2D eigenvalue weighted by atomic mass is 16.5. The van der Waals surface area contributed by atoms with Crippen LogP contribution in [0.25, 0.3) is 0 Å². The molecule has 0 aliphatic carbocycles. The van der Waals surface area contributed by atoms with Crippen molar-refractivity contribution in [2.75, 3.05) is 7.11 Å². The first-order valence-corrected chi connectivity index (χ1v) is 4.46. The van der Waals surface area contributed by atoms with Crippen LogP contribution in [0.1, 0.15) is 22.8 Å². The minimum atomic E-state index is -0.164. The number of aliphatic imine (C=N–C) groups is 1. The van der Waals surface area contributed by atoms with Crippen molar-refractivity contribution >= 4 is 11.6 Å². The number of nitrogens with zero attached hydrogens (tertiary/aromatic N) is 1. The van der Waals surface area contributed by atoms with Gasteiger partial charge < -0.3 is 4.74 Å².